The van der Waals surface area contributed by atoms with Gasteiger partial charge in [0, 0.05) is 25.7 Å². The van der Waals surface area contributed by atoms with Crippen molar-refractivity contribution in [2.45, 2.75) is 44.4 Å². The first-order valence-corrected chi connectivity index (χ1v) is 7.44. The second-order valence-electron chi connectivity index (χ2n) is 5.93. The van der Waals surface area contributed by atoms with E-state index in [4.69, 9.17) is 4.74 Å². The maximum atomic E-state index is 6.10. The molecule has 2 saturated heterocycles. The predicted octanol–water partition coefficient (Wildman–Crippen LogP) is 0.779. The number of rotatable bonds is 6. The lowest BCUT2D eigenvalue weighted by Crippen LogP contribution is -2.35. The third kappa shape index (κ3) is 3.92. The van der Waals surface area contributed by atoms with Crippen molar-refractivity contribution in [3.63, 3.8) is 0 Å². The number of hydrogen-bond donors (Lipinski definition) is 1. The largest absolute Gasteiger partial charge is 0.372 e. The van der Waals surface area contributed by atoms with Gasteiger partial charge in [-0.25, -0.2) is 0 Å². The van der Waals surface area contributed by atoms with Crippen LogP contribution in [0.15, 0.2) is 0 Å². The quantitative estimate of drug-likeness (QED) is 0.759. The second-order valence-corrected chi connectivity index (χ2v) is 5.93. The van der Waals surface area contributed by atoms with Gasteiger partial charge in [-0.2, -0.15) is 0 Å². The van der Waals surface area contributed by atoms with Crippen molar-refractivity contribution in [1.82, 2.24) is 15.1 Å². The number of ether oxygens (including phenoxy) is 1. The van der Waals surface area contributed by atoms with E-state index in [9.17, 15) is 0 Å². The Morgan fingerprint density at radius 1 is 1.22 bits per heavy atom. The zero-order valence-corrected chi connectivity index (χ0v) is 12.2. The van der Waals surface area contributed by atoms with E-state index in [-0.39, 0.29) is 0 Å². The van der Waals surface area contributed by atoms with Crippen LogP contribution < -0.4 is 5.32 Å². The molecule has 0 amide bonds. The Bertz CT molecular complexity index is 247. The lowest BCUT2D eigenvalue weighted by atomic mass is 10.2. The van der Waals surface area contributed by atoms with Gasteiger partial charge in [0.1, 0.15) is 0 Å². The van der Waals surface area contributed by atoms with Crippen LogP contribution in [-0.2, 0) is 4.74 Å². The van der Waals surface area contributed by atoms with E-state index in [2.05, 4.69) is 36.1 Å². The maximum Gasteiger partial charge on any atom is 0.0707 e. The van der Waals surface area contributed by atoms with Crippen LogP contribution in [0.4, 0.5) is 0 Å². The summed E-state index contributed by atoms with van der Waals surface area (Å²) in [7, 11) is 4.37. The number of likely N-dealkylation sites (tertiary alicyclic amines) is 1. The molecule has 3 atom stereocenters. The van der Waals surface area contributed by atoms with E-state index in [1.54, 1.807) is 0 Å². The van der Waals surface area contributed by atoms with Crippen molar-refractivity contribution < 1.29 is 4.74 Å². The highest BCUT2D eigenvalue weighted by Crippen LogP contribution is 2.22. The molecule has 4 nitrogen and oxygen atoms in total. The van der Waals surface area contributed by atoms with E-state index in [1.165, 1.54) is 32.4 Å². The molecular formula is C14H29N3O. The second kappa shape index (κ2) is 6.85. The smallest absolute Gasteiger partial charge is 0.0707 e. The van der Waals surface area contributed by atoms with Gasteiger partial charge >= 0.3 is 0 Å². The molecule has 2 fully saturated rings. The van der Waals surface area contributed by atoms with Crippen molar-refractivity contribution in [1.29, 1.82) is 0 Å². The molecule has 0 saturated carbocycles. The summed E-state index contributed by atoms with van der Waals surface area (Å²) in [5.74, 6) is 0. The molecule has 2 aliphatic heterocycles. The fourth-order valence-electron chi connectivity index (χ4n) is 3.06. The number of hydrogen-bond acceptors (Lipinski definition) is 4. The van der Waals surface area contributed by atoms with Gasteiger partial charge in [-0.3, -0.25) is 4.90 Å². The zero-order chi connectivity index (χ0) is 13.0. The SMILES string of the molecule is CCNCC1CCC(CN2CCC(N(C)C)C2)O1. The Hall–Kier alpha value is -0.160. The van der Waals surface area contributed by atoms with Crippen LogP contribution in [-0.4, -0.2) is 74.9 Å². The van der Waals surface area contributed by atoms with Gasteiger partial charge in [0.2, 0.25) is 0 Å². The monoisotopic (exact) mass is 255 g/mol. The van der Waals surface area contributed by atoms with Crippen LogP contribution in [0.5, 0.6) is 0 Å². The first-order chi connectivity index (χ1) is 8.69. The molecular weight excluding hydrogens is 226 g/mol. The molecule has 2 aliphatic rings. The highest BCUT2D eigenvalue weighted by molar-refractivity contribution is 4.84. The summed E-state index contributed by atoms with van der Waals surface area (Å²) in [6.07, 6.45) is 4.68. The molecule has 1 N–H and O–H groups in total. The Morgan fingerprint density at radius 2 is 2.00 bits per heavy atom. The Morgan fingerprint density at radius 3 is 2.67 bits per heavy atom. The topological polar surface area (TPSA) is 27.7 Å². The highest BCUT2D eigenvalue weighted by atomic mass is 16.5. The molecule has 0 spiro atoms. The summed E-state index contributed by atoms with van der Waals surface area (Å²) in [5, 5.41) is 3.38. The van der Waals surface area contributed by atoms with Crippen LogP contribution in [0.1, 0.15) is 26.2 Å². The molecule has 0 aliphatic carbocycles. The minimum Gasteiger partial charge on any atom is -0.372 e. The summed E-state index contributed by atoms with van der Waals surface area (Å²) < 4.78 is 6.10. The lowest BCUT2D eigenvalue weighted by molar-refractivity contribution is 0.0268. The van der Waals surface area contributed by atoms with Crippen molar-refractivity contribution in [2.24, 2.45) is 0 Å². The van der Waals surface area contributed by atoms with Crippen LogP contribution in [0.2, 0.25) is 0 Å². The van der Waals surface area contributed by atoms with Gasteiger partial charge in [-0.1, -0.05) is 6.92 Å². The predicted molar refractivity (Wildman–Crippen MR) is 75.0 cm³/mol. The van der Waals surface area contributed by atoms with Gasteiger partial charge in [0.05, 0.1) is 12.2 Å². The summed E-state index contributed by atoms with van der Waals surface area (Å²) in [6, 6.07) is 0.740. The maximum absolute atomic E-state index is 6.10. The molecule has 0 aromatic carbocycles. The van der Waals surface area contributed by atoms with Crippen molar-refractivity contribution >= 4 is 0 Å². The normalized spacial score (nSPS) is 33.7. The first-order valence-electron chi connectivity index (χ1n) is 7.44. The Labute approximate surface area is 112 Å². The molecule has 106 valence electrons. The van der Waals surface area contributed by atoms with E-state index in [0.29, 0.717) is 12.2 Å². The first kappa shape index (κ1) is 14.3. The Balaban J connectivity index is 1.66. The summed E-state index contributed by atoms with van der Waals surface area (Å²) >= 11 is 0. The molecule has 0 aromatic rings. The van der Waals surface area contributed by atoms with Crippen molar-refractivity contribution in [3.8, 4) is 0 Å². The molecule has 18 heavy (non-hydrogen) atoms. The average Bonchev–Trinajstić information content (AvgIpc) is 2.96. The fraction of sp³-hybridized carbons (Fsp3) is 1.00. The third-order valence-electron chi connectivity index (χ3n) is 4.26. The minimum atomic E-state index is 0.446. The number of likely N-dealkylation sites (N-methyl/N-ethyl adjacent to an activating group) is 2. The van der Waals surface area contributed by atoms with Crippen LogP contribution in [0.25, 0.3) is 0 Å². The highest BCUT2D eigenvalue weighted by Gasteiger charge is 2.30. The van der Waals surface area contributed by atoms with E-state index in [0.717, 1.165) is 25.7 Å². The molecule has 0 radical (unpaired) electrons. The summed E-state index contributed by atoms with van der Waals surface area (Å²) in [4.78, 5) is 4.93. The molecule has 0 aromatic heterocycles. The van der Waals surface area contributed by atoms with Crippen LogP contribution in [0, 0.1) is 0 Å². The number of nitrogens with one attached hydrogen (secondary N) is 1. The standard InChI is InChI=1S/C14H29N3O/c1-4-15-9-13-5-6-14(18-13)11-17-8-7-12(10-17)16(2)3/h12-15H,4-11H2,1-3H3. The Kier molecular flexibility index (Phi) is 5.42. The fourth-order valence-corrected chi connectivity index (χ4v) is 3.06. The van der Waals surface area contributed by atoms with E-state index < -0.39 is 0 Å². The summed E-state index contributed by atoms with van der Waals surface area (Å²) in [5.41, 5.74) is 0. The molecule has 3 unspecified atom stereocenters. The van der Waals surface area contributed by atoms with E-state index in [1.807, 2.05) is 0 Å². The van der Waals surface area contributed by atoms with Crippen LogP contribution in [0.3, 0.4) is 0 Å². The molecule has 0 bridgehead atoms. The van der Waals surface area contributed by atoms with Crippen molar-refractivity contribution in [3.05, 3.63) is 0 Å². The third-order valence-corrected chi connectivity index (χ3v) is 4.26. The van der Waals surface area contributed by atoms with Gasteiger partial charge in [-0.15, -0.1) is 0 Å². The van der Waals surface area contributed by atoms with Gasteiger partial charge in [0.25, 0.3) is 0 Å². The van der Waals surface area contributed by atoms with Gasteiger partial charge in [0.15, 0.2) is 0 Å². The number of nitrogens with zero attached hydrogens (tertiary/aromatic N) is 2. The lowest BCUT2D eigenvalue weighted by Gasteiger charge is -2.23. The molecule has 2 rings (SSSR count). The van der Waals surface area contributed by atoms with Crippen molar-refractivity contribution in [2.75, 3.05) is 46.8 Å². The van der Waals surface area contributed by atoms with Gasteiger partial charge < -0.3 is 15.0 Å². The summed E-state index contributed by atoms with van der Waals surface area (Å²) in [6.45, 7) is 7.80. The van der Waals surface area contributed by atoms with E-state index >= 15 is 0 Å². The minimum absolute atomic E-state index is 0.446. The molecule has 4 heteroatoms. The van der Waals surface area contributed by atoms with Crippen LogP contribution >= 0.6 is 0 Å². The average molecular weight is 255 g/mol. The van der Waals surface area contributed by atoms with Gasteiger partial charge in [-0.05, 0) is 46.4 Å². The molecule has 2 heterocycles. The zero-order valence-electron chi connectivity index (χ0n) is 12.2.